The number of carbonyl (C=O) groups is 3. The fourth-order valence-electron chi connectivity index (χ4n) is 10.3. The second-order valence-corrected chi connectivity index (χ2v) is 30.1. The van der Waals surface area contributed by atoms with Gasteiger partial charge in [0, 0.05) is 51.0 Å². The van der Waals surface area contributed by atoms with Crippen LogP contribution in [0.15, 0.2) is 110 Å². The molecule has 0 aromatic heterocycles. The van der Waals surface area contributed by atoms with E-state index in [0.717, 1.165) is 0 Å². The van der Waals surface area contributed by atoms with Crippen molar-refractivity contribution < 1.29 is 92.0 Å². The van der Waals surface area contributed by atoms with Crippen molar-refractivity contribution in [1.82, 2.24) is 5.32 Å². The van der Waals surface area contributed by atoms with E-state index in [-0.39, 0.29) is 69.7 Å². The molecule has 5 aliphatic heterocycles. The fraction of sp³-hybridized carbons (Fsp3) is 0.644. The fourth-order valence-corrected chi connectivity index (χ4v) is 12.6. The summed E-state index contributed by atoms with van der Waals surface area (Å²) in [5.41, 5.74) is 0. The summed E-state index contributed by atoms with van der Waals surface area (Å²) in [7, 11) is 5.14. The molecule has 5 aliphatic rings. The Morgan fingerprint density at radius 3 is 1.88 bits per heavy atom. The van der Waals surface area contributed by atoms with Gasteiger partial charge in [-0.1, -0.05) is 124 Å². The van der Waals surface area contributed by atoms with Crippen LogP contribution in [0.1, 0.15) is 79.1 Å². The number of allylic oxidation sites excluding steroid dienone is 12. The summed E-state index contributed by atoms with van der Waals surface area (Å²) in [6.07, 6.45) is 14.4. The third kappa shape index (κ3) is 22.3. The van der Waals surface area contributed by atoms with Gasteiger partial charge in [0.15, 0.2) is 24.1 Å². The van der Waals surface area contributed by atoms with Crippen molar-refractivity contribution >= 4 is 51.1 Å². The number of cyclic esters (lactones) is 1. The van der Waals surface area contributed by atoms with Crippen molar-refractivity contribution in [3.8, 4) is 0 Å². The highest BCUT2D eigenvalue weighted by Gasteiger charge is 2.54. The molecule has 1 amide bonds. The number of hydrogen-bond donors (Lipinski definition) is 6. The number of esters is 2. The quantitative estimate of drug-likeness (QED) is 0.0507. The Morgan fingerprint density at radius 2 is 1.27 bits per heavy atom. The maximum absolute atomic E-state index is 14.0. The molecule has 0 radical (unpaired) electrons. The van der Waals surface area contributed by atoms with Gasteiger partial charge in [-0.2, -0.15) is 0 Å². The summed E-state index contributed by atoms with van der Waals surface area (Å²) in [5.74, 6) is -4.70. The SMILES string of the molecule is C=CCOC(=O)N[C@@H]1[C@H](O)[C@H](O[C@H]2/C=C/C=C/C=C/C=C/C=C/C=C/C=C/[C@H](C)[C@@H](O)[C@@H](C)[C@H](C)OC(=O)C[C@H]3C[C@@H](CC[C@@H](O)[C@H]4C[C@@H](C[C@]5(OC)C[C@H](O)[C@@H](C(=O)OCC=C)C(C2)O5)OC(P(C)P)O4)OC(P(C)P)O3)O[C@H](C)[C@H]1O. The number of nitrogens with one attached hydrogen (secondary N) is 1. The normalized spacial score (nSPS) is 41.8. The Bertz CT molecular complexity index is 2270. The second-order valence-electron chi connectivity index (χ2n) is 21.7. The zero-order valence-corrected chi connectivity index (χ0v) is 52.9. The Morgan fingerprint density at radius 1 is 0.687 bits per heavy atom. The second kappa shape index (κ2) is 35.8. The summed E-state index contributed by atoms with van der Waals surface area (Å²) in [4.78, 5) is 40.1. The predicted octanol–water partition coefficient (Wildman–Crippen LogP) is 7.46. The van der Waals surface area contributed by atoms with Crippen molar-refractivity contribution in [2.24, 2.45) is 17.8 Å². The highest BCUT2D eigenvalue weighted by molar-refractivity contribution is 8.13. The first-order chi connectivity index (χ1) is 39.6. The first-order valence-electron chi connectivity index (χ1n) is 28.3. The largest absolute Gasteiger partial charge is 0.462 e. The predicted molar refractivity (Wildman–Crippen MR) is 324 cm³/mol. The van der Waals surface area contributed by atoms with Crippen molar-refractivity contribution in [2.45, 2.75) is 189 Å². The van der Waals surface area contributed by atoms with Gasteiger partial charge < -0.3 is 83.0 Å². The highest BCUT2D eigenvalue weighted by atomic mass is 32.0. The molecule has 466 valence electrons. The summed E-state index contributed by atoms with van der Waals surface area (Å²) in [5, 5.41) is 60.5. The van der Waals surface area contributed by atoms with Crippen LogP contribution in [0, 0.1) is 17.8 Å². The highest BCUT2D eigenvalue weighted by Crippen LogP contribution is 2.52. The topological polar surface area (TPSA) is 266 Å². The number of alkyl carbamates (subject to hydrolysis) is 1. The summed E-state index contributed by atoms with van der Waals surface area (Å²) in [6, 6.07) is -2.61. The van der Waals surface area contributed by atoms with Crippen LogP contribution in [0.25, 0.3) is 0 Å². The van der Waals surface area contributed by atoms with Crippen LogP contribution in [0.5, 0.6) is 0 Å². The third-order valence-electron chi connectivity index (χ3n) is 15.1. The van der Waals surface area contributed by atoms with Gasteiger partial charge in [-0.3, -0.25) is 9.59 Å². The smallest absolute Gasteiger partial charge is 0.407 e. The lowest BCUT2D eigenvalue weighted by Gasteiger charge is -2.49. The number of aliphatic hydroxyl groups excluding tert-OH is 5. The molecule has 20 nitrogen and oxygen atoms in total. The monoisotopic (exact) mass is 1240 g/mol. The van der Waals surface area contributed by atoms with Crippen LogP contribution in [-0.4, -0.2) is 187 Å². The molecule has 5 rings (SSSR count). The molecule has 6 bridgehead atoms. The molecule has 0 aromatic rings. The van der Waals surface area contributed by atoms with Crippen LogP contribution in [-0.2, 0) is 61.7 Å². The molecule has 0 aromatic carbocycles. The molecule has 0 saturated carbocycles. The number of hydrogen-bond acceptors (Lipinski definition) is 19. The van der Waals surface area contributed by atoms with Gasteiger partial charge in [-0.05, 0) is 55.2 Å². The van der Waals surface area contributed by atoms with Crippen molar-refractivity contribution in [1.29, 1.82) is 0 Å². The minimum Gasteiger partial charge on any atom is -0.462 e. The van der Waals surface area contributed by atoms with Crippen LogP contribution < -0.4 is 5.32 Å². The van der Waals surface area contributed by atoms with E-state index in [9.17, 15) is 39.9 Å². The number of fused-ring (bicyclic) bond motifs is 6. The van der Waals surface area contributed by atoms with Crippen LogP contribution in [0.3, 0.4) is 0 Å². The molecule has 24 heteroatoms. The van der Waals surface area contributed by atoms with E-state index in [1.54, 1.807) is 44.2 Å². The molecule has 5 heterocycles. The van der Waals surface area contributed by atoms with Gasteiger partial charge in [0.1, 0.15) is 37.4 Å². The Hall–Kier alpha value is -2.93. The maximum Gasteiger partial charge on any atom is 0.407 e. The number of aliphatic hydroxyl groups is 5. The van der Waals surface area contributed by atoms with Gasteiger partial charge in [0.25, 0.3) is 0 Å². The standard InChI is InChI=1S/C59H91NO19P4/c1-10-28-70-54(67)49-45(62)35-59(69-7)34-43-32-46(78-58(77-43)83(9)81)44(61)27-26-41-30-42(76-57(75-41)82(8)80)33-48(63)72-38(5)37(4)51(64)36(3)24-22-20-18-16-14-12-13-15-17-19-21-23-25-40(31-47(49)79-59)74-55-53(66)50(52(65)39(6)73-55)60-56(68)71-29-11-2/h10-25,36-47,49-53,55,57-58,61-62,64-66H,1-2,26-35,80-81H2,3-9H3,(H,60,68)/b13-12+,16-14+,17-15+,20-18+,21-19+,24-22+,25-23+/t36-,37-,38-,39+,40-,41+,42+,43-,44+,45-,46+,47?,49+,50-,51+,52+,53-,55-,57?,58?,59+,82?,83?/m0/s1. The summed E-state index contributed by atoms with van der Waals surface area (Å²) >= 11 is 0. The number of carbonyl (C=O) groups excluding carboxylic acids is 3. The van der Waals surface area contributed by atoms with Gasteiger partial charge in [-0.25, -0.2) is 4.79 Å². The van der Waals surface area contributed by atoms with Gasteiger partial charge in [0.05, 0.1) is 73.5 Å². The summed E-state index contributed by atoms with van der Waals surface area (Å²) < 4.78 is 67.8. The molecule has 7 unspecified atom stereocenters. The van der Waals surface area contributed by atoms with Crippen molar-refractivity contribution in [3.05, 3.63) is 110 Å². The third-order valence-corrected chi connectivity index (χ3v) is 18.3. The summed E-state index contributed by atoms with van der Waals surface area (Å²) in [6.45, 7) is 18.0. The zero-order chi connectivity index (χ0) is 60.8. The van der Waals surface area contributed by atoms with E-state index in [2.05, 4.69) is 36.3 Å². The Labute approximate surface area is 496 Å². The Balaban J connectivity index is 1.49. The first-order valence-corrected chi connectivity index (χ1v) is 35.2. The lowest BCUT2D eigenvalue weighted by atomic mass is 9.82. The number of ether oxygens (including phenoxy) is 11. The van der Waals surface area contributed by atoms with E-state index < -0.39 is 143 Å². The van der Waals surface area contributed by atoms with E-state index in [1.807, 2.05) is 81.9 Å². The van der Waals surface area contributed by atoms with E-state index in [1.165, 1.54) is 19.3 Å². The lowest BCUT2D eigenvalue weighted by Crippen LogP contribution is -2.64. The van der Waals surface area contributed by atoms with Gasteiger partial charge >= 0.3 is 18.0 Å². The molecular formula is C59H91NO19P4. The maximum atomic E-state index is 14.0. The first kappa shape index (κ1) is 70.8. The molecule has 4 saturated heterocycles. The minimum absolute atomic E-state index is 0.0202. The van der Waals surface area contributed by atoms with Gasteiger partial charge in [-0.15, -0.1) is 17.9 Å². The van der Waals surface area contributed by atoms with Crippen LogP contribution in [0.4, 0.5) is 4.79 Å². The van der Waals surface area contributed by atoms with Crippen molar-refractivity contribution in [3.63, 3.8) is 0 Å². The number of methoxy groups -OCH3 is 1. The minimum atomic E-state index is -1.63. The van der Waals surface area contributed by atoms with Crippen molar-refractivity contribution in [2.75, 3.05) is 33.7 Å². The Kier molecular flexibility index (Phi) is 30.5. The lowest BCUT2D eigenvalue weighted by molar-refractivity contribution is -0.326. The zero-order valence-electron chi connectivity index (χ0n) is 48.8. The number of amides is 1. The van der Waals surface area contributed by atoms with E-state index in [4.69, 9.17) is 52.1 Å². The molecule has 25 atom stereocenters. The molecular weight excluding hydrogens is 1150 g/mol. The van der Waals surface area contributed by atoms with Gasteiger partial charge in [0.2, 0.25) is 0 Å². The van der Waals surface area contributed by atoms with E-state index >= 15 is 0 Å². The van der Waals surface area contributed by atoms with E-state index in [0.29, 0.717) is 12.8 Å². The molecule has 0 aliphatic carbocycles. The average molecular weight is 1240 g/mol. The van der Waals surface area contributed by atoms with Crippen LogP contribution in [0.2, 0.25) is 0 Å². The molecule has 6 N–H and O–H groups in total. The van der Waals surface area contributed by atoms with Crippen LogP contribution >= 0.6 is 33.1 Å². The molecule has 83 heavy (non-hydrogen) atoms. The molecule has 0 spiro atoms. The molecule has 4 fully saturated rings. The average Bonchev–Trinajstić information content (AvgIpc) is 3.33. The number of rotatable bonds is 11.